The first-order valence-electron chi connectivity index (χ1n) is 10.6. The van der Waals surface area contributed by atoms with E-state index in [1.807, 2.05) is 36.4 Å². The van der Waals surface area contributed by atoms with Crippen molar-refractivity contribution in [2.24, 2.45) is 10.4 Å². The number of benzene rings is 2. The second kappa shape index (κ2) is 7.31. The molecule has 2 aliphatic rings. The lowest BCUT2D eigenvalue weighted by Gasteiger charge is -2.21. The second-order valence-corrected chi connectivity index (χ2v) is 9.03. The molecule has 3 aromatic rings. The SMILES string of the molecule is CC1(C)CC[C@@H]2N=C(c3cccc(Oc4ccc5cccc(O)c5n4)c3)O[C@H]2CC1. The van der Waals surface area contributed by atoms with Gasteiger partial charge in [0, 0.05) is 17.0 Å². The van der Waals surface area contributed by atoms with Crippen LogP contribution in [0, 0.1) is 5.41 Å². The molecular formula is C25H26N2O3. The van der Waals surface area contributed by atoms with E-state index in [9.17, 15) is 5.11 Å². The summed E-state index contributed by atoms with van der Waals surface area (Å²) < 4.78 is 12.2. The van der Waals surface area contributed by atoms with Crippen LogP contribution in [0.2, 0.25) is 0 Å². The van der Waals surface area contributed by atoms with Crippen molar-refractivity contribution in [3.63, 3.8) is 0 Å². The Bertz CT molecular complexity index is 1120. The van der Waals surface area contributed by atoms with Gasteiger partial charge in [0.05, 0.1) is 6.04 Å². The minimum atomic E-state index is 0.141. The van der Waals surface area contributed by atoms with Crippen molar-refractivity contribution in [3.8, 4) is 17.4 Å². The molecule has 5 nitrogen and oxygen atoms in total. The Morgan fingerprint density at radius 3 is 2.77 bits per heavy atom. The predicted molar refractivity (Wildman–Crippen MR) is 117 cm³/mol. The van der Waals surface area contributed by atoms with Gasteiger partial charge in [-0.1, -0.05) is 32.0 Å². The minimum Gasteiger partial charge on any atom is -0.506 e. The maximum absolute atomic E-state index is 10.1. The number of phenolic OH excluding ortho intramolecular Hbond substituents is 1. The van der Waals surface area contributed by atoms with Crippen LogP contribution in [0.25, 0.3) is 10.9 Å². The predicted octanol–water partition coefficient (Wildman–Crippen LogP) is 5.85. The van der Waals surface area contributed by atoms with Crippen LogP contribution in [0.15, 0.2) is 59.6 Å². The number of nitrogens with zero attached hydrogens (tertiary/aromatic N) is 2. The number of fused-ring (bicyclic) bond motifs is 2. The summed E-state index contributed by atoms with van der Waals surface area (Å²) in [6.45, 7) is 4.67. The van der Waals surface area contributed by atoms with Gasteiger partial charge in [0.15, 0.2) is 0 Å². The number of aromatic nitrogens is 1. The summed E-state index contributed by atoms with van der Waals surface area (Å²) in [7, 11) is 0. The van der Waals surface area contributed by atoms with Gasteiger partial charge >= 0.3 is 0 Å². The Hall–Kier alpha value is -3.08. The van der Waals surface area contributed by atoms with E-state index in [2.05, 4.69) is 18.8 Å². The topological polar surface area (TPSA) is 63.9 Å². The maximum atomic E-state index is 10.1. The van der Waals surface area contributed by atoms with Gasteiger partial charge in [-0.05, 0) is 61.4 Å². The number of para-hydroxylation sites is 1. The molecule has 2 heterocycles. The number of pyridine rings is 1. The van der Waals surface area contributed by atoms with Crippen molar-refractivity contribution in [2.75, 3.05) is 0 Å². The van der Waals surface area contributed by atoms with Crippen molar-refractivity contribution < 1.29 is 14.6 Å². The first-order chi connectivity index (χ1) is 14.5. The van der Waals surface area contributed by atoms with Crippen molar-refractivity contribution in [1.29, 1.82) is 0 Å². The van der Waals surface area contributed by atoms with Gasteiger partial charge < -0.3 is 14.6 Å². The van der Waals surface area contributed by atoms with Crippen molar-refractivity contribution in [3.05, 3.63) is 60.2 Å². The number of ether oxygens (including phenoxy) is 2. The molecule has 0 unspecified atom stereocenters. The molecule has 1 aliphatic heterocycles. The minimum absolute atomic E-state index is 0.141. The summed E-state index contributed by atoms with van der Waals surface area (Å²) in [5.74, 6) is 1.94. The number of hydrogen-bond acceptors (Lipinski definition) is 5. The van der Waals surface area contributed by atoms with Gasteiger partial charge in [-0.15, -0.1) is 0 Å². The van der Waals surface area contributed by atoms with E-state index >= 15 is 0 Å². The molecule has 0 bridgehead atoms. The standard InChI is InChI=1S/C25H26N2O3/c1-25(2)13-11-19-21(12-14-25)30-24(26-19)17-6-3-7-18(15-17)29-22-10-9-16-5-4-8-20(28)23(16)27-22/h3-10,15,19,21,28H,11-14H2,1-2H3/t19-,21-/m0/s1. The van der Waals surface area contributed by atoms with Gasteiger partial charge in [-0.3, -0.25) is 0 Å². The normalized spacial score (nSPS) is 22.7. The van der Waals surface area contributed by atoms with Gasteiger partial charge in [0.2, 0.25) is 11.8 Å². The molecule has 1 fully saturated rings. The number of rotatable bonds is 3. The lowest BCUT2D eigenvalue weighted by Crippen LogP contribution is -2.20. The van der Waals surface area contributed by atoms with Gasteiger partial charge in [-0.25, -0.2) is 9.98 Å². The van der Waals surface area contributed by atoms with Gasteiger partial charge in [0.1, 0.15) is 23.1 Å². The molecule has 0 spiro atoms. The Kier molecular flexibility index (Phi) is 4.61. The Morgan fingerprint density at radius 1 is 1.03 bits per heavy atom. The van der Waals surface area contributed by atoms with E-state index < -0.39 is 0 Å². The zero-order valence-corrected chi connectivity index (χ0v) is 17.3. The first-order valence-corrected chi connectivity index (χ1v) is 10.6. The second-order valence-electron chi connectivity index (χ2n) is 9.03. The quantitative estimate of drug-likeness (QED) is 0.597. The molecule has 1 N–H and O–H groups in total. The smallest absolute Gasteiger partial charge is 0.219 e. The molecule has 5 rings (SSSR count). The van der Waals surface area contributed by atoms with Crippen molar-refractivity contribution in [1.82, 2.24) is 4.98 Å². The van der Waals surface area contributed by atoms with Crippen LogP contribution in [0.4, 0.5) is 0 Å². The van der Waals surface area contributed by atoms with E-state index in [1.54, 1.807) is 18.2 Å². The third-order valence-electron chi connectivity index (χ3n) is 6.17. The van der Waals surface area contributed by atoms with Crippen LogP contribution < -0.4 is 4.74 Å². The van der Waals surface area contributed by atoms with Crippen LogP contribution in [0.5, 0.6) is 17.4 Å². The lowest BCUT2D eigenvalue weighted by atomic mass is 9.85. The Morgan fingerprint density at radius 2 is 1.87 bits per heavy atom. The molecule has 0 amide bonds. The van der Waals surface area contributed by atoms with Crippen LogP contribution in [0.1, 0.15) is 45.1 Å². The van der Waals surface area contributed by atoms with Crippen molar-refractivity contribution >= 4 is 16.8 Å². The zero-order chi connectivity index (χ0) is 20.7. The average molecular weight is 402 g/mol. The molecule has 30 heavy (non-hydrogen) atoms. The molecule has 0 radical (unpaired) electrons. The Labute approximate surface area is 176 Å². The number of phenols is 1. The summed E-state index contributed by atoms with van der Waals surface area (Å²) >= 11 is 0. The molecule has 154 valence electrons. The van der Waals surface area contributed by atoms with E-state index in [1.165, 1.54) is 12.8 Å². The van der Waals surface area contributed by atoms with E-state index in [-0.39, 0.29) is 17.9 Å². The highest BCUT2D eigenvalue weighted by Gasteiger charge is 2.36. The highest BCUT2D eigenvalue weighted by Crippen LogP contribution is 2.38. The third-order valence-corrected chi connectivity index (χ3v) is 6.17. The lowest BCUT2D eigenvalue weighted by molar-refractivity contribution is 0.178. The number of hydrogen-bond donors (Lipinski definition) is 1. The first kappa shape index (κ1) is 18.9. The molecule has 2 atom stereocenters. The molecule has 1 saturated carbocycles. The van der Waals surface area contributed by atoms with Gasteiger partial charge in [0.25, 0.3) is 0 Å². The molecule has 2 aromatic carbocycles. The fourth-order valence-corrected chi connectivity index (χ4v) is 4.31. The van der Waals surface area contributed by atoms with Crippen molar-refractivity contribution in [2.45, 2.75) is 51.7 Å². The molecule has 1 aromatic heterocycles. The van der Waals surface area contributed by atoms with E-state index in [4.69, 9.17) is 14.5 Å². The average Bonchev–Trinajstić information content (AvgIpc) is 3.09. The zero-order valence-electron chi connectivity index (χ0n) is 17.3. The van der Waals surface area contributed by atoms with E-state index in [0.717, 1.165) is 23.8 Å². The third kappa shape index (κ3) is 3.72. The van der Waals surface area contributed by atoms with Crippen LogP contribution in [0.3, 0.4) is 0 Å². The summed E-state index contributed by atoms with van der Waals surface area (Å²) in [6.07, 6.45) is 4.64. The summed E-state index contributed by atoms with van der Waals surface area (Å²) in [6, 6.07) is 17.0. The maximum Gasteiger partial charge on any atom is 0.219 e. The molecular weight excluding hydrogens is 376 g/mol. The molecule has 5 heteroatoms. The summed E-state index contributed by atoms with van der Waals surface area (Å²) in [5, 5.41) is 10.9. The fourth-order valence-electron chi connectivity index (χ4n) is 4.31. The molecule has 1 aliphatic carbocycles. The highest BCUT2D eigenvalue weighted by molar-refractivity contribution is 5.95. The molecule has 0 saturated heterocycles. The van der Waals surface area contributed by atoms with Crippen LogP contribution in [-0.4, -0.2) is 28.1 Å². The largest absolute Gasteiger partial charge is 0.506 e. The summed E-state index contributed by atoms with van der Waals surface area (Å²) in [5.41, 5.74) is 1.82. The number of aliphatic imine (C=N–C) groups is 1. The fraction of sp³-hybridized carbons (Fsp3) is 0.360. The summed E-state index contributed by atoms with van der Waals surface area (Å²) in [4.78, 5) is 9.34. The van der Waals surface area contributed by atoms with E-state index in [0.29, 0.717) is 28.5 Å². The Balaban J connectivity index is 1.36. The number of aromatic hydroxyl groups is 1. The highest BCUT2D eigenvalue weighted by atomic mass is 16.5. The van der Waals surface area contributed by atoms with Crippen LogP contribution >= 0.6 is 0 Å². The monoisotopic (exact) mass is 402 g/mol. The van der Waals surface area contributed by atoms with Gasteiger partial charge in [-0.2, -0.15) is 0 Å². The van der Waals surface area contributed by atoms with Crippen LogP contribution in [-0.2, 0) is 4.74 Å².